The number of fused-ring (bicyclic) bond motifs is 3. The molecule has 0 atom stereocenters. The summed E-state index contributed by atoms with van der Waals surface area (Å²) < 4.78 is 25.9. The first-order valence-corrected chi connectivity index (χ1v) is 8.62. The number of nitrogens with zero attached hydrogens (tertiary/aromatic N) is 4. The van der Waals surface area contributed by atoms with Crippen LogP contribution in [0.4, 0.5) is 14.6 Å². The van der Waals surface area contributed by atoms with Crippen LogP contribution < -0.4 is 11.1 Å². The number of aromatic amines is 1. The zero-order valence-corrected chi connectivity index (χ0v) is 14.7. The molecule has 1 aromatic carbocycles. The summed E-state index contributed by atoms with van der Waals surface area (Å²) in [5, 5.41) is 15.0. The van der Waals surface area contributed by atoms with Crippen LogP contribution in [0.5, 0.6) is 0 Å². The standard InChI is InChI=1S/C18H17F2N7O/c19-15(20)8-22-16(28)4-6-27-9-12-17(26-27)11-2-1-10(13-3-5-23-25-13)7-14(11)24-18(12)21/h1-3,5,7,9,15H,4,6,8H2,(H2,21,24)(H,22,28)(H,23,25). The highest BCUT2D eigenvalue weighted by molar-refractivity contribution is 6.08. The molecule has 1 amide bonds. The van der Waals surface area contributed by atoms with Crippen molar-refractivity contribution in [1.29, 1.82) is 0 Å². The highest BCUT2D eigenvalue weighted by Gasteiger charge is 2.13. The van der Waals surface area contributed by atoms with Crippen LogP contribution in [0.1, 0.15) is 6.42 Å². The molecule has 0 aliphatic carbocycles. The quantitative estimate of drug-likeness (QED) is 0.471. The van der Waals surface area contributed by atoms with Gasteiger partial charge in [-0.1, -0.05) is 6.07 Å². The third-order valence-electron chi connectivity index (χ3n) is 4.36. The molecule has 0 spiro atoms. The monoisotopic (exact) mass is 385 g/mol. The molecule has 4 aromatic rings. The van der Waals surface area contributed by atoms with Gasteiger partial charge in [-0.2, -0.15) is 10.2 Å². The lowest BCUT2D eigenvalue weighted by atomic mass is 10.1. The van der Waals surface area contributed by atoms with Crippen LogP contribution in [0.15, 0.2) is 36.7 Å². The number of nitrogens with two attached hydrogens (primary N) is 1. The minimum Gasteiger partial charge on any atom is -0.383 e. The highest BCUT2D eigenvalue weighted by Crippen LogP contribution is 2.29. The first kappa shape index (κ1) is 17.8. The van der Waals surface area contributed by atoms with Crippen LogP contribution >= 0.6 is 0 Å². The van der Waals surface area contributed by atoms with Crippen molar-refractivity contribution in [3.8, 4) is 11.3 Å². The van der Waals surface area contributed by atoms with Gasteiger partial charge in [0.25, 0.3) is 6.43 Å². The summed E-state index contributed by atoms with van der Waals surface area (Å²) in [5.41, 5.74) is 9.24. The molecule has 0 fully saturated rings. The van der Waals surface area contributed by atoms with Crippen LogP contribution in [0, 0.1) is 0 Å². The van der Waals surface area contributed by atoms with Gasteiger partial charge in [0.15, 0.2) is 0 Å². The summed E-state index contributed by atoms with van der Waals surface area (Å²) >= 11 is 0. The minimum absolute atomic E-state index is 0.0376. The number of rotatable bonds is 6. The molecule has 0 bridgehead atoms. The van der Waals surface area contributed by atoms with Gasteiger partial charge in [-0.05, 0) is 18.2 Å². The van der Waals surface area contributed by atoms with Gasteiger partial charge in [-0.3, -0.25) is 14.6 Å². The molecule has 0 radical (unpaired) electrons. The van der Waals surface area contributed by atoms with Crippen molar-refractivity contribution in [1.82, 2.24) is 30.3 Å². The molecule has 0 aliphatic heterocycles. The van der Waals surface area contributed by atoms with Gasteiger partial charge in [0.05, 0.1) is 23.1 Å². The number of hydrogen-bond donors (Lipinski definition) is 3. The van der Waals surface area contributed by atoms with E-state index in [0.717, 1.165) is 16.6 Å². The number of amides is 1. The number of alkyl halides is 2. The molecular formula is C18H17F2N7O. The average Bonchev–Trinajstić information content (AvgIpc) is 3.34. The number of carbonyl (C=O) groups is 1. The second-order valence-corrected chi connectivity index (χ2v) is 6.30. The molecule has 28 heavy (non-hydrogen) atoms. The van der Waals surface area contributed by atoms with E-state index in [1.54, 1.807) is 17.1 Å². The molecule has 4 N–H and O–H groups in total. The number of benzene rings is 1. The fourth-order valence-electron chi connectivity index (χ4n) is 3.02. The van der Waals surface area contributed by atoms with Crippen molar-refractivity contribution in [2.45, 2.75) is 19.4 Å². The molecule has 0 unspecified atom stereocenters. The Kier molecular flexibility index (Phi) is 4.60. The Bertz CT molecular complexity index is 1140. The number of nitrogens with one attached hydrogen (secondary N) is 2. The fraction of sp³-hybridized carbons (Fsp3) is 0.222. The van der Waals surface area contributed by atoms with Gasteiger partial charge in [0.2, 0.25) is 5.91 Å². The number of aryl methyl sites for hydroxylation is 1. The molecule has 144 valence electrons. The summed E-state index contributed by atoms with van der Waals surface area (Å²) in [7, 11) is 0. The van der Waals surface area contributed by atoms with E-state index in [1.165, 1.54) is 0 Å². The van der Waals surface area contributed by atoms with Gasteiger partial charge < -0.3 is 11.1 Å². The topological polar surface area (TPSA) is 115 Å². The van der Waals surface area contributed by atoms with Crippen LogP contribution in [0.25, 0.3) is 33.1 Å². The lowest BCUT2D eigenvalue weighted by Gasteiger charge is -2.04. The minimum atomic E-state index is -2.57. The Morgan fingerprint density at radius 3 is 2.89 bits per heavy atom. The Morgan fingerprint density at radius 1 is 1.29 bits per heavy atom. The number of nitrogen functional groups attached to an aromatic ring is 1. The smallest absolute Gasteiger partial charge is 0.255 e. The van der Waals surface area contributed by atoms with Crippen LogP contribution in [-0.4, -0.2) is 43.8 Å². The first-order valence-electron chi connectivity index (χ1n) is 8.62. The predicted octanol–water partition coefficient (Wildman–Crippen LogP) is 2.33. The van der Waals surface area contributed by atoms with Crippen LogP contribution in [-0.2, 0) is 11.3 Å². The van der Waals surface area contributed by atoms with Crippen molar-refractivity contribution in [3.63, 3.8) is 0 Å². The van der Waals surface area contributed by atoms with E-state index in [1.807, 2.05) is 24.3 Å². The van der Waals surface area contributed by atoms with E-state index >= 15 is 0 Å². The molecule has 3 heterocycles. The average molecular weight is 385 g/mol. The molecule has 0 saturated heterocycles. The third-order valence-corrected chi connectivity index (χ3v) is 4.36. The van der Waals surface area contributed by atoms with Crippen LogP contribution in [0.3, 0.4) is 0 Å². The number of halogens is 2. The van der Waals surface area contributed by atoms with Gasteiger partial charge in [0.1, 0.15) is 11.3 Å². The number of hydrogen-bond acceptors (Lipinski definition) is 5. The van der Waals surface area contributed by atoms with E-state index < -0.39 is 18.9 Å². The van der Waals surface area contributed by atoms with Crippen molar-refractivity contribution in [2.24, 2.45) is 0 Å². The lowest BCUT2D eigenvalue weighted by Crippen LogP contribution is -2.29. The number of pyridine rings is 1. The summed E-state index contributed by atoms with van der Waals surface area (Å²) in [6, 6.07) is 7.60. The summed E-state index contributed by atoms with van der Waals surface area (Å²) in [6.45, 7) is -0.406. The van der Waals surface area contributed by atoms with E-state index in [4.69, 9.17) is 5.73 Å². The molecule has 10 heteroatoms. The van der Waals surface area contributed by atoms with Crippen molar-refractivity contribution in [3.05, 3.63) is 36.7 Å². The lowest BCUT2D eigenvalue weighted by molar-refractivity contribution is -0.122. The fourth-order valence-corrected chi connectivity index (χ4v) is 3.02. The number of anilines is 1. The molecule has 0 saturated carbocycles. The number of H-pyrrole nitrogens is 1. The Labute approximate surface area is 157 Å². The van der Waals surface area contributed by atoms with E-state index in [0.29, 0.717) is 22.2 Å². The van der Waals surface area contributed by atoms with Crippen LogP contribution in [0.2, 0.25) is 0 Å². The number of carbonyl (C=O) groups excluding carboxylic acids is 1. The summed E-state index contributed by atoms with van der Waals surface area (Å²) in [4.78, 5) is 16.1. The van der Waals surface area contributed by atoms with Gasteiger partial charge in [-0.25, -0.2) is 13.8 Å². The summed E-state index contributed by atoms with van der Waals surface area (Å²) in [6.07, 6.45) is 0.847. The maximum absolute atomic E-state index is 12.2. The molecule has 8 nitrogen and oxygen atoms in total. The number of aromatic nitrogens is 5. The Hall–Kier alpha value is -3.56. The van der Waals surface area contributed by atoms with Crippen molar-refractivity contribution in [2.75, 3.05) is 12.3 Å². The van der Waals surface area contributed by atoms with E-state index in [9.17, 15) is 13.6 Å². The Balaban J connectivity index is 1.62. The Morgan fingerprint density at radius 2 is 2.14 bits per heavy atom. The van der Waals surface area contributed by atoms with Gasteiger partial charge in [0, 0.05) is 36.3 Å². The van der Waals surface area contributed by atoms with E-state index in [-0.39, 0.29) is 13.0 Å². The molecule has 0 aliphatic rings. The van der Waals surface area contributed by atoms with Crippen molar-refractivity contribution >= 4 is 33.5 Å². The second-order valence-electron chi connectivity index (χ2n) is 6.30. The van der Waals surface area contributed by atoms with Gasteiger partial charge >= 0.3 is 0 Å². The largest absolute Gasteiger partial charge is 0.383 e. The second kappa shape index (κ2) is 7.22. The maximum atomic E-state index is 12.2. The van der Waals surface area contributed by atoms with E-state index in [2.05, 4.69) is 25.6 Å². The molecule has 4 rings (SSSR count). The molecular weight excluding hydrogens is 368 g/mol. The zero-order valence-electron chi connectivity index (χ0n) is 14.7. The zero-order chi connectivity index (χ0) is 19.7. The van der Waals surface area contributed by atoms with Crippen molar-refractivity contribution < 1.29 is 13.6 Å². The SMILES string of the molecule is Nc1nc2cc(-c3ccn[nH]3)ccc2c2nn(CCC(=O)NCC(F)F)cc12. The molecule has 3 aromatic heterocycles. The predicted molar refractivity (Wildman–Crippen MR) is 101 cm³/mol. The highest BCUT2D eigenvalue weighted by atomic mass is 19.3. The maximum Gasteiger partial charge on any atom is 0.255 e. The third kappa shape index (κ3) is 3.48. The summed E-state index contributed by atoms with van der Waals surface area (Å²) in [5.74, 6) is -0.127. The first-order chi connectivity index (χ1) is 13.5. The van der Waals surface area contributed by atoms with Gasteiger partial charge in [-0.15, -0.1) is 0 Å². The normalized spacial score (nSPS) is 11.5.